The van der Waals surface area contributed by atoms with Gasteiger partial charge in [-0.2, -0.15) is 13.2 Å². The molecule has 0 unspecified atom stereocenters. The molecule has 3 rings (SSSR count). The molecular formula is C27H25F3N2O5. The fourth-order valence-electron chi connectivity index (χ4n) is 3.50. The summed E-state index contributed by atoms with van der Waals surface area (Å²) in [5.41, 5.74) is 0.869. The molecule has 0 saturated heterocycles. The normalized spacial score (nSPS) is 12.7. The average Bonchev–Trinajstić information content (AvgIpc) is 2.87. The van der Waals surface area contributed by atoms with Gasteiger partial charge in [-0.3, -0.25) is 4.79 Å². The zero-order valence-electron chi connectivity index (χ0n) is 19.6. The topological polar surface area (TPSA) is 105 Å². The number of hydrogen-bond acceptors (Lipinski definition) is 4. The van der Waals surface area contributed by atoms with Gasteiger partial charge >= 0.3 is 18.2 Å². The lowest BCUT2D eigenvalue weighted by Gasteiger charge is -2.22. The summed E-state index contributed by atoms with van der Waals surface area (Å²) >= 11 is 0. The van der Waals surface area contributed by atoms with Gasteiger partial charge in [0.25, 0.3) is 0 Å². The van der Waals surface area contributed by atoms with E-state index in [-0.39, 0.29) is 25.0 Å². The van der Waals surface area contributed by atoms with Crippen LogP contribution in [0.2, 0.25) is 0 Å². The summed E-state index contributed by atoms with van der Waals surface area (Å²) in [6.45, 7) is -0.0297. The average molecular weight is 515 g/mol. The monoisotopic (exact) mass is 514 g/mol. The van der Waals surface area contributed by atoms with Gasteiger partial charge in [-0.05, 0) is 28.8 Å². The molecule has 0 aliphatic carbocycles. The minimum absolute atomic E-state index is 0.0297. The number of carbonyl (C=O) groups excluding carboxylic acids is 2. The third-order valence-electron chi connectivity index (χ3n) is 5.44. The smallest absolute Gasteiger partial charge is 0.416 e. The second-order valence-corrected chi connectivity index (χ2v) is 8.25. The maximum atomic E-state index is 13.1. The molecule has 37 heavy (non-hydrogen) atoms. The number of ether oxygens (including phenoxy) is 1. The van der Waals surface area contributed by atoms with Crippen molar-refractivity contribution >= 4 is 18.0 Å². The number of hydrogen-bond donors (Lipinski definition) is 3. The van der Waals surface area contributed by atoms with Crippen LogP contribution >= 0.6 is 0 Å². The fourth-order valence-corrected chi connectivity index (χ4v) is 3.50. The lowest BCUT2D eigenvalue weighted by atomic mass is 10.0. The lowest BCUT2D eigenvalue weighted by molar-refractivity contribution is -0.142. The van der Waals surface area contributed by atoms with Crippen LogP contribution in [0.5, 0.6) is 0 Å². The van der Waals surface area contributed by atoms with Gasteiger partial charge in [0.1, 0.15) is 18.7 Å². The van der Waals surface area contributed by atoms with Gasteiger partial charge in [0.05, 0.1) is 5.56 Å². The van der Waals surface area contributed by atoms with Gasteiger partial charge in [-0.15, -0.1) is 0 Å². The van der Waals surface area contributed by atoms with Gasteiger partial charge < -0.3 is 20.5 Å². The van der Waals surface area contributed by atoms with E-state index in [0.29, 0.717) is 5.56 Å². The van der Waals surface area contributed by atoms with E-state index in [2.05, 4.69) is 10.6 Å². The van der Waals surface area contributed by atoms with Crippen molar-refractivity contribution in [2.75, 3.05) is 0 Å². The first kappa shape index (κ1) is 27.3. The Labute approximate surface area is 211 Å². The Morgan fingerprint density at radius 1 is 0.730 bits per heavy atom. The molecule has 2 amide bonds. The molecule has 3 aromatic rings. The number of halogens is 3. The molecule has 0 aliphatic heterocycles. The van der Waals surface area contributed by atoms with Crippen molar-refractivity contribution in [3.8, 4) is 0 Å². The van der Waals surface area contributed by atoms with Crippen LogP contribution < -0.4 is 10.6 Å². The number of alkyl carbamates (subject to hydrolysis) is 1. The van der Waals surface area contributed by atoms with E-state index >= 15 is 0 Å². The van der Waals surface area contributed by atoms with E-state index in [1.807, 2.05) is 6.07 Å². The van der Waals surface area contributed by atoms with Crippen molar-refractivity contribution < 1.29 is 37.4 Å². The molecule has 0 aromatic heterocycles. The molecule has 194 valence electrons. The summed E-state index contributed by atoms with van der Waals surface area (Å²) in [7, 11) is 0. The molecule has 10 heteroatoms. The Kier molecular flexibility index (Phi) is 9.26. The molecule has 0 aliphatic rings. The van der Waals surface area contributed by atoms with E-state index in [0.717, 1.165) is 29.8 Å². The summed E-state index contributed by atoms with van der Waals surface area (Å²) in [5, 5.41) is 14.5. The second-order valence-electron chi connectivity index (χ2n) is 8.25. The number of carboxylic acid groups (broad SMARTS) is 1. The Balaban J connectivity index is 1.69. The van der Waals surface area contributed by atoms with Crippen LogP contribution in [0.3, 0.4) is 0 Å². The molecule has 0 radical (unpaired) electrons. The van der Waals surface area contributed by atoms with Crippen molar-refractivity contribution in [2.24, 2.45) is 0 Å². The molecule has 7 nitrogen and oxygen atoms in total. The summed E-state index contributed by atoms with van der Waals surface area (Å²) in [6, 6.07) is 19.1. The summed E-state index contributed by atoms with van der Waals surface area (Å²) in [5.74, 6) is -2.15. The van der Waals surface area contributed by atoms with E-state index in [9.17, 15) is 32.7 Å². The summed E-state index contributed by atoms with van der Waals surface area (Å²) < 4.78 is 43.6. The first-order chi connectivity index (χ1) is 17.6. The number of benzene rings is 3. The highest BCUT2D eigenvalue weighted by Gasteiger charge is 2.31. The standard InChI is InChI=1S/C27H25F3N2O5/c28-27(29,30)21-13-11-19(12-14-21)16-23(25(34)35)31-24(33)22(15-18-7-3-1-4-8-18)32-26(36)37-17-20-9-5-2-6-10-20/h1-14,22-23H,15-17H2,(H,31,33)(H,32,36)(H,34,35)/t22-,23-/m1/s1. The molecular weight excluding hydrogens is 489 g/mol. The zero-order valence-corrected chi connectivity index (χ0v) is 19.6. The third kappa shape index (κ3) is 8.68. The predicted octanol–water partition coefficient (Wildman–Crippen LogP) is 4.36. The van der Waals surface area contributed by atoms with E-state index in [1.54, 1.807) is 54.6 Å². The van der Waals surface area contributed by atoms with Gasteiger partial charge in [-0.25, -0.2) is 9.59 Å². The van der Waals surface area contributed by atoms with Crippen molar-refractivity contribution in [2.45, 2.75) is 37.7 Å². The number of amides is 2. The molecule has 0 spiro atoms. The molecule has 3 N–H and O–H groups in total. The second kappa shape index (κ2) is 12.6. The van der Waals surface area contributed by atoms with Crippen LogP contribution in [0.25, 0.3) is 0 Å². The van der Waals surface area contributed by atoms with E-state index in [4.69, 9.17) is 4.74 Å². The maximum Gasteiger partial charge on any atom is 0.416 e. The first-order valence-electron chi connectivity index (χ1n) is 11.3. The fraction of sp³-hybridized carbons (Fsp3) is 0.222. The van der Waals surface area contributed by atoms with Crippen molar-refractivity contribution in [1.29, 1.82) is 0 Å². The SMILES string of the molecule is O=C(N[C@H](Cc1ccccc1)C(=O)N[C@H](Cc1ccc(C(F)(F)F)cc1)C(=O)O)OCc1ccccc1. The van der Waals surface area contributed by atoms with E-state index < -0.39 is 41.8 Å². The minimum atomic E-state index is -4.52. The Bertz CT molecular complexity index is 1190. The van der Waals surface area contributed by atoms with Crippen LogP contribution in [-0.2, 0) is 40.0 Å². The minimum Gasteiger partial charge on any atom is -0.480 e. The van der Waals surface area contributed by atoms with Gasteiger partial charge in [0, 0.05) is 12.8 Å². The lowest BCUT2D eigenvalue weighted by Crippen LogP contribution is -2.53. The largest absolute Gasteiger partial charge is 0.480 e. The van der Waals surface area contributed by atoms with Crippen LogP contribution in [0.15, 0.2) is 84.9 Å². The molecule has 3 aromatic carbocycles. The van der Waals surface area contributed by atoms with E-state index in [1.165, 1.54) is 0 Å². The highest BCUT2D eigenvalue weighted by Crippen LogP contribution is 2.29. The van der Waals surface area contributed by atoms with Gasteiger partial charge in [0.15, 0.2) is 0 Å². The molecule has 0 bridgehead atoms. The van der Waals surface area contributed by atoms with Crippen LogP contribution in [0.1, 0.15) is 22.3 Å². The van der Waals surface area contributed by atoms with Gasteiger partial charge in [0.2, 0.25) is 5.91 Å². The Morgan fingerprint density at radius 3 is 1.78 bits per heavy atom. The van der Waals surface area contributed by atoms with Gasteiger partial charge in [-0.1, -0.05) is 72.8 Å². The molecule has 0 saturated carbocycles. The zero-order chi connectivity index (χ0) is 26.8. The van der Waals surface area contributed by atoms with Crippen LogP contribution in [0, 0.1) is 0 Å². The van der Waals surface area contributed by atoms with Crippen LogP contribution in [-0.4, -0.2) is 35.2 Å². The number of carbonyl (C=O) groups is 3. The van der Waals surface area contributed by atoms with Crippen LogP contribution in [0.4, 0.5) is 18.0 Å². The number of aliphatic carboxylic acids is 1. The number of nitrogens with one attached hydrogen (secondary N) is 2. The third-order valence-corrected chi connectivity index (χ3v) is 5.44. The summed E-state index contributed by atoms with van der Waals surface area (Å²) in [6.07, 6.45) is -5.59. The number of rotatable bonds is 10. The molecule has 0 fully saturated rings. The van der Waals surface area contributed by atoms with Crippen molar-refractivity contribution in [1.82, 2.24) is 10.6 Å². The highest BCUT2D eigenvalue weighted by atomic mass is 19.4. The van der Waals surface area contributed by atoms with Crippen molar-refractivity contribution in [3.05, 3.63) is 107 Å². The molecule has 2 atom stereocenters. The predicted molar refractivity (Wildman–Crippen MR) is 128 cm³/mol. The Hall–Kier alpha value is -4.34. The number of alkyl halides is 3. The first-order valence-corrected chi connectivity index (χ1v) is 11.3. The quantitative estimate of drug-likeness (QED) is 0.373. The number of carboxylic acids is 1. The van der Waals surface area contributed by atoms with Crippen molar-refractivity contribution in [3.63, 3.8) is 0 Å². The summed E-state index contributed by atoms with van der Waals surface area (Å²) in [4.78, 5) is 37.3. The highest BCUT2D eigenvalue weighted by molar-refractivity contribution is 5.89. The Morgan fingerprint density at radius 2 is 1.24 bits per heavy atom. The molecule has 0 heterocycles. The maximum absolute atomic E-state index is 13.1.